The first-order valence-corrected chi connectivity index (χ1v) is 20.3. The van der Waals surface area contributed by atoms with Crippen LogP contribution in [0.4, 0.5) is 11.4 Å². The number of para-hydroxylation sites is 3. The molecule has 2 aromatic carbocycles. The molecule has 0 bridgehead atoms. The molecule has 0 N–H and O–H groups in total. The normalized spacial score (nSPS) is 13.3. The summed E-state index contributed by atoms with van der Waals surface area (Å²) in [4.78, 5) is 0. The second kappa shape index (κ2) is 16.1. The number of rotatable bonds is 11. The zero-order chi connectivity index (χ0) is 27.7. The summed E-state index contributed by atoms with van der Waals surface area (Å²) in [6.45, 7) is 27.1. The first-order valence-electron chi connectivity index (χ1n) is 13.5. The molecule has 0 saturated heterocycles. The van der Waals surface area contributed by atoms with Crippen molar-refractivity contribution < 1.29 is 24.2 Å². The van der Waals surface area contributed by atoms with E-state index in [0.717, 1.165) is 17.9 Å². The van der Waals surface area contributed by atoms with Crippen molar-refractivity contribution in [3.63, 3.8) is 0 Å². The molecular weight excluding hydrogens is 540 g/mol. The Morgan fingerprint density at radius 3 is 1.54 bits per heavy atom. The van der Waals surface area contributed by atoms with Gasteiger partial charge in [-0.1, -0.05) is 157 Å². The van der Waals surface area contributed by atoms with Crippen molar-refractivity contribution in [2.45, 2.75) is 111 Å². The fourth-order valence-electron chi connectivity index (χ4n) is 4.46. The Morgan fingerprint density at radius 2 is 1.14 bits per heavy atom. The molecule has 37 heavy (non-hydrogen) atoms. The molecule has 0 spiro atoms. The maximum atomic E-state index is 5.41. The molecule has 2 aromatic rings. The number of nitrogens with zero attached hydrogens (tertiary/aromatic N) is 3. The maximum absolute atomic E-state index is 5.41. The van der Waals surface area contributed by atoms with Gasteiger partial charge in [0.25, 0.3) is 0 Å². The molecule has 0 fully saturated rings. The Hall–Kier alpha value is -1.14. The van der Waals surface area contributed by atoms with Gasteiger partial charge in [-0.25, -0.2) is 0 Å². The third-order valence-electron chi connectivity index (χ3n) is 5.49. The van der Waals surface area contributed by atoms with Gasteiger partial charge in [-0.2, -0.15) is 0 Å². The number of benzene rings is 2. The molecule has 0 aliphatic carbocycles. The van der Waals surface area contributed by atoms with Gasteiger partial charge in [-0.3, -0.25) is 0 Å². The summed E-state index contributed by atoms with van der Waals surface area (Å²) in [5.74, 6) is 1.75. The molecule has 0 aliphatic rings. The molecular formula is C30H52N3OSi2Zn-3. The van der Waals surface area contributed by atoms with Gasteiger partial charge in [-0.15, -0.1) is 17.8 Å². The Kier molecular flexibility index (Phi) is 15.6. The summed E-state index contributed by atoms with van der Waals surface area (Å²) in [7, 11) is -0.524. The van der Waals surface area contributed by atoms with Crippen LogP contribution in [0.2, 0.25) is 39.3 Å². The van der Waals surface area contributed by atoms with E-state index in [4.69, 9.17) is 20.0 Å². The van der Waals surface area contributed by atoms with Gasteiger partial charge < -0.3 is 20.0 Å². The van der Waals surface area contributed by atoms with Crippen LogP contribution in [0.15, 0.2) is 42.5 Å². The fraction of sp³-hybridized carbons (Fsp3) is 0.600. The number of methoxy groups -OCH3 is 1. The van der Waals surface area contributed by atoms with Gasteiger partial charge in [0.15, 0.2) is 0 Å². The third-order valence-corrected chi connectivity index (χ3v) is 10.9. The van der Waals surface area contributed by atoms with Crippen molar-refractivity contribution in [1.29, 1.82) is 0 Å². The quantitative estimate of drug-likeness (QED) is 0.240. The van der Waals surface area contributed by atoms with Crippen LogP contribution in [0.5, 0.6) is 5.75 Å². The standard InChI is InChI=1S/C24H34N2O.C6H18NSi2.Zn/c1-16(2)20-11-10-12-21(17(3)4)24(20)26-19(6)15-18(5)25-22-13-8-9-14-23(22)27-7;1-8(2,3)7-9(4,5)6;/h8-14,16-19H,15H2,1-7H3;1-6H3;/q-2;-1;. The van der Waals surface area contributed by atoms with Gasteiger partial charge >= 0.3 is 0 Å². The van der Waals surface area contributed by atoms with Crippen LogP contribution < -0.4 is 4.74 Å². The van der Waals surface area contributed by atoms with Crippen LogP contribution >= 0.6 is 0 Å². The summed E-state index contributed by atoms with van der Waals surface area (Å²) >= 11 is 0. The largest absolute Gasteiger partial charge is 0.681 e. The Balaban J connectivity index is 0.00000111. The smallest absolute Gasteiger partial charge is 0.104 e. The average molecular weight is 592 g/mol. The Labute approximate surface area is 244 Å². The Bertz CT molecular complexity index is 886. The first kappa shape index (κ1) is 35.9. The zero-order valence-electron chi connectivity index (χ0n) is 26.0. The SMILES string of the molecule is COc1ccccc1[N-]C(C)CC(C)[N-]c1c(C(C)C)cccc1C(C)C.C[Si](C)(C)[N-][Si](C)(C)C.[Zn]. The average Bonchev–Trinajstić information content (AvgIpc) is 2.71. The molecule has 0 aliphatic heterocycles. The van der Waals surface area contributed by atoms with E-state index in [-0.39, 0.29) is 31.6 Å². The van der Waals surface area contributed by atoms with Crippen molar-refractivity contribution in [2.24, 2.45) is 0 Å². The summed E-state index contributed by atoms with van der Waals surface area (Å²) < 4.78 is 10.2. The predicted molar refractivity (Wildman–Crippen MR) is 167 cm³/mol. The Morgan fingerprint density at radius 1 is 0.676 bits per heavy atom. The summed E-state index contributed by atoms with van der Waals surface area (Å²) in [5, 5.41) is 9.98. The molecule has 2 rings (SSSR count). The van der Waals surface area contributed by atoms with Crippen LogP contribution in [-0.4, -0.2) is 35.7 Å². The maximum Gasteiger partial charge on any atom is 0.104 e. The number of ether oxygens (including phenoxy) is 1. The molecule has 206 valence electrons. The monoisotopic (exact) mass is 590 g/mol. The van der Waals surface area contributed by atoms with E-state index in [1.807, 2.05) is 24.3 Å². The molecule has 0 radical (unpaired) electrons. The minimum atomic E-state index is -1.11. The molecule has 0 aromatic heterocycles. The molecule has 0 heterocycles. The number of hydrogen-bond donors (Lipinski definition) is 0. The predicted octanol–water partition coefficient (Wildman–Crippen LogP) is 10.8. The van der Waals surface area contributed by atoms with E-state index >= 15 is 0 Å². The van der Waals surface area contributed by atoms with Crippen molar-refractivity contribution in [3.8, 4) is 5.75 Å². The van der Waals surface area contributed by atoms with Crippen molar-refractivity contribution in [2.75, 3.05) is 7.11 Å². The summed E-state index contributed by atoms with van der Waals surface area (Å²) in [5.41, 5.74) is 4.76. The second-order valence-electron chi connectivity index (χ2n) is 12.4. The van der Waals surface area contributed by atoms with E-state index in [9.17, 15) is 0 Å². The van der Waals surface area contributed by atoms with Gasteiger partial charge in [-0.05, 0) is 17.9 Å². The molecule has 2 unspecified atom stereocenters. The topological polar surface area (TPSA) is 51.5 Å². The van der Waals surface area contributed by atoms with E-state index in [1.165, 1.54) is 16.8 Å². The zero-order valence-corrected chi connectivity index (χ0v) is 31.0. The van der Waals surface area contributed by atoms with Crippen LogP contribution in [-0.2, 0) is 19.5 Å². The van der Waals surface area contributed by atoms with Crippen molar-refractivity contribution in [3.05, 3.63) is 68.9 Å². The third kappa shape index (κ3) is 14.0. The second-order valence-corrected chi connectivity index (χ2v) is 22.0. The van der Waals surface area contributed by atoms with Gasteiger partial charge in [0.05, 0.1) is 7.11 Å². The van der Waals surface area contributed by atoms with Gasteiger partial charge in [0, 0.05) is 19.5 Å². The molecule has 0 saturated carbocycles. The van der Waals surface area contributed by atoms with Gasteiger partial charge in [0.2, 0.25) is 0 Å². The minimum absolute atomic E-state index is 0. The van der Waals surface area contributed by atoms with E-state index in [2.05, 4.69) is 99.0 Å². The van der Waals surface area contributed by atoms with Crippen LogP contribution in [0.3, 0.4) is 0 Å². The van der Waals surface area contributed by atoms with Crippen LogP contribution in [0.25, 0.3) is 15.3 Å². The van der Waals surface area contributed by atoms with Crippen LogP contribution in [0, 0.1) is 0 Å². The fourth-order valence-corrected chi connectivity index (χ4v) is 12.5. The molecule has 4 nitrogen and oxygen atoms in total. The molecule has 2 atom stereocenters. The van der Waals surface area contributed by atoms with Crippen LogP contribution in [0.1, 0.15) is 70.9 Å². The first-order chi connectivity index (χ1) is 16.5. The van der Waals surface area contributed by atoms with Crippen molar-refractivity contribution >= 4 is 27.8 Å². The van der Waals surface area contributed by atoms with E-state index in [0.29, 0.717) is 11.8 Å². The van der Waals surface area contributed by atoms with E-state index < -0.39 is 16.5 Å². The summed E-state index contributed by atoms with van der Waals surface area (Å²) in [6.07, 6.45) is 0.905. The molecule has 7 heteroatoms. The van der Waals surface area contributed by atoms with Gasteiger partial charge in [0.1, 0.15) is 5.75 Å². The number of hydrogen-bond acceptors (Lipinski definition) is 1. The minimum Gasteiger partial charge on any atom is -0.681 e. The van der Waals surface area contributed by atoms with E-state index in [1.54, 1.807) is 7.11 Å². The van der Waals surface area contributed by atoms with Crippen molar-refractivity contribution in [1.82, 2.24) is 0 Å². The molecule has 0 amide bonds. The summed E-state index contributed by atoms with van der Waals surface area (Å²) in [6, 6.07) is 14.9.